The lowest BCUT2D eigenvalue weighted by molar-refractivity contribution is 0.0962. The molecule has 1 heterocycles. The van der Waals surface area contributed by atoms with Gasteiger partial charge in [0.05, 0.1) is 4.88 Å². The Hall–Kier alpha value is -2.14. The largest absolute Gasteiger partial charge is 0.355 e. The molecular formula is C20H24N2O2S. The fraction of sp³-hybridized carbons (Fsp3) is 0.400. The van der Waals surface area contributed by atoms with Crippen LogP contribution in [0.3, 0.4) is 0 Å². The number of anilines is 1. The number of carbonyl (C=O) groups excluding carboxylic acids is 2. The zero-order valence-corrected chi connectivity index (χ0v) is 15.6. The fourth-order valence-electron chi connectivity index (χ4n) is 3.23. The first-order valence-electron chi connectivity index (χ1n) is 8.84. The molecule has 0 spiro atoms. The fourth-order valence-corrected chi connectivity index (χ4v) is 4.38. The van der Waals surface area contributed by atoms with E-state index in [1.54, 1.807) is 36.6 Å². The van der Waals surface area contributed by atoms with Crippen LogP contribution in [-0.4, -0.2) is 18.9 Å². The number of thiophene rings is 1. The molecule has 0 unspecified atom stereocenters. The number of aryl methyl sites for hydroxylation is 3. The number of hydrogen-bond acceptors (Lipinski definition) is 3. The average molecular weight is 356 g/mol. The van der Waals surface area contributed by atoms with E-state index in [1.807, 2.05) is 6.92 Å². The van der Waals surface area contributed by atoms with Gasteiger partial charge < -0.3 is 10.6 Å². The van der Waals surface area contributed by atoms with Gasteiger partial charge in [-0.15, -0.1) is 11.3 Å². The Bertz CT molecular complexity index is 769. The number of nitrogens with one attached hydrogen (secondary N) is 2. The second kappa shape index (κ2) is 7.83. The molecule has 4 nitrogen and oxygen atoms in total. The minimum Gasteiger partial charge on any atom is -0.355 e. The molecule has 0 bridgehead atoms. The van der Waals surface area contributed by atoms with Crippen molar-refractivity contribution in [2.75, 3.05) is 12.4 Å². The molecule has 1 aliphatic carbocycles. The maximum atomic E-state index is 12.7. The molecule has 5 heteroatoms. The van der Waals surface area contributed by atoms with E-state index < -0.39 is 0 Å². The predicted octanol–water partition coefficient (Wildman–Crippen LogP) is 4.33. The van der Waals surface area contributed by atoms with Crippen molar-refractivity contribution < 1.29 is 9.59 Å². The van der Waals surface area contributed by atoms with Crippen LogP contribution in [0.5, 0.6) is 0 Å². The van der Waals surface area contributed by atoms with Gasteiger partial charge in [0, 0.05) is 23.2 Å². The lowest BCUT2D eigenvalue weighted by Gasteiger charge is -2.09. The first kappa shape index (κ1) is 17.7. The topological polar surface area (TPSA) is 58.2 Å². The number of benzene rings is 1. The predicted molar refractivity (Wildman–Crippen MR) is 103 cm³/mol. The van der Waals surface area contributed by atoms with E-state index in [0.717, 1.165) is 29.0 Å². The molecule has 132 valence electrons. The molecule has 2 amide bonds. The highest BCUT2D eigenvalue weighted by Crippen LogP contribution is 2.29. The molecule has 3 rings (SSSR count). The highest BCUT2D eigenvalue weighted by Gasteiger charge is 2.17. The van der Waals surface area contributed by atoms with Gasteiger partial charge >= 0.3 is 0 Å². The summed E-state index contributed by atoms with van der Waals surface area (Å²) in [5.74, 6) is -0.188. The number of hydrogen-bond donors (Lipinski definition) is 2. The Kier molecular flexibility index (Phi) is 5.53. The second-order valence-corrected chi connectivity index (χ2v) is 7.67. The van der Waals surface area contributed by atoms with E-state index in [0.29, 0.717) is 5.56 Å². The van der Waals surface area contributed by atoms with Crippen molar-refractivity contribution in [2.24, 2.45) is 0 Å². The molecule has 0 radical (unpaired) electrons. The molecule has 0 aliphatic heterocycles. The summed E-state index contributed by atoms with van der Waals surface area (Å²) in [6, 6.07) is 7.38. The Labute approximate surface area is 152 Å². The summed E-state index contributed by atoms with van der Waals surface area (Å²) in [4.78, 5) is 26.5. The maximum absolute atomic E-state index is 12.7. The van der Waals surface area contributed by atoms with Gasteiger partial charge in [0.15, 0.2) is 0 Å². The van der Waals surface area contributed by atoms with Gasteiger partial charge in [-0.05, 0) is 68.0 Å². The first-order valence-corrected chi connectivity index (χ1v) is 9.66. The standard InChI is InChI=1S/C20H24N2O2S/c1-13-11-15(19(23)21-2)9-10-16(13)22-20(24)18-12-14-7-5-3-4-6-8-17(14)25-18/h9-12H,3-8H2,1-2H3,(H,21,23)(H,22,24). The van der Waals surface area contributed by atoms with Gasteiger partial charge in [-0.1, -0.05) is 12.8 Å². The number of rotatable bonds is 3. The van der Waals surface area contributed by atoms with Crippen molar-refractivity contribution in [3.63, 3.8) is 0 Å². The summed E-state index contributed by atoms with van der Waals surface area (Å²) >= 11 is 1.63. The average Bonchev–Trinajstić information content (AvgIpc) is 2.98. The molecule has 25 heavy (non-hydrogen) atoms. The van der Waals surface area contributed by atoms with E-state index in [2.05, 4.69) is 16.7 Å². The van der Waals surface area contributed by atoms with Crippen molar-refractivity contribution in [3.05, 3.63) is 50.7 Å². The monoisotopic (exact) mass is 356 g/mol. The van der Waals surface area contributed by atoms with Crippen LogP contribution >= 0.6 is 11.3 Å². The van der Waals surface area contributed by atoms with Crippen LogP contribution < -0.4 is 10.6 Å². The molecule has 2 aromatic rings. The summed E-state index contributed by atoms with van der Waals surface area (Å²) in [7, 11) is 1.61. The third kappa shape index (κ3) is 4.10. The molecular weight excluding hydrogens is 332 g/mol. The Balaban J connectivity index is 1.76. The number of amides is 2. The van der Waals surface area contributed by atoms with E-state index in [1.165, 1.54) is 36.1 Å². The zero-order valence-electron chi connectivity index (χ0n) is 14.8. The van der Waals surface area contributed by atoms with E-state index in [9.17, 15) is 9.59 Å². The van der Waals surface area contributed by atoms with Gasteiger partial charge in [-0.2, -0.15) is 0 Å². The van der Waals surface area contributed by atoms with Crippen LogP contribution in [-0.2, 0) is 12.8 Å². The van der Waals surface area contributed by atoms with Crippen LogP contribution in [0.25, 0.3) is 0 Å². The highest BCUT2D eigenvalue weighted by molar-refractivity contribution is 7.14. The third-order valence-electron chi connectivity index (χ3n) is 4.68. The van der Waals surface area contributed by atoms with Crippen LogP contribution in [0.1, 0.15) is 61.7 Å². The Morgan fingerprint density at radius 3 is 2.48 bits per heavy atom. The van der Waals surface area contributed by atoms with Crippen molar-refractivity contribution >= 4 is 28.8 Å². The zero-order chi connectivity index (χ0) is 17.8. The molecule has 1 aromatic carbocycles. The van der Waals surface area contributed by atoms with Crippen molar-refractivity contribution in [1.29, 1.82) is 0 Å². The second-order valence-electron chi connectivity index (χ2n) is 6.54. The van der Waals surface area contributed by atoms with E-state index in [4.69, 9.17) is 0 Å². The van der Waals surface area contributed by atoms with Gasteiger partial charge in [-0.25, -0.2) is 0 Å². The van der Waals surface area contributed by atoms with Gasteiger partial charge in [0.1, 0.15) is 0 Å². The van der Waals surface area contributed by atoms with Gasteiger partial charge in [0.25, 0.3) is 11.8 Å². The van der Waals surface area contributed by atoms with Crippen LogP contribution in [0.15, 0.2) is 24.3 Å². The summed E-state index contributed by atoms with van der Waals surface area (Å²) in [6.07, 6.45) is 7.18. The van der Waals surface area contributed by atoms with E-state index >= 15 is 0 Å². The molecule has 1 aliphatic rings. The van der Waals surface area contributed by atoms with Crippen molar-refractivity contribution in [3.8, 4) is 0 Å². The van der Waals surface area contributed by atoms with Crippen molar-refractivity contribution in [2.45, 2.75) is 45.4 Å². The summed E-state index contributed by atoms with van der Waals surface area (Å²) < 4.78 is 0. The molecule has 0 fully saturated rings. The summed E-state index contributed by atoms with van der Waals surface area (Å²) in [6.45, 7) is 1.90. The number of carbonyl (C=O) groups is 2. The summed E-state index contributed by atoms with van der Waals surface area (Å²) in [5, 5.41) is 5.60. The Morgan fingerprint density at radius 2 is 1.76 bits per heavy atom. The van der Waals surface area contributed by atoms with Crippen LogP contribution in [0.2, 0.25) is 0 Å². The van der Waals surface area contributed by atoms with Crippen LogP contribution in [0, 0.1) is 6.92 Å². The minimum atomic E-state index is -0.126. The minimum absolute atomic E-state index is 0.0625. The summed E-state index contributed by atoms with van der Waals surface area (Å²) in [5.41, 5.74) is 3.57. The molecule has 0 atom stereocenters. The third-order valence-corrected chi connectivity index (χ3v) is 5.92. The van der Waals surface area contributed by atoms with Gasteiger partial charge in [0.2, 0.25) is 0 Å². The first-order chi connectivity index (χ1) is 12.1. The van der Waals surface area contributed by atoms with Gasteiger partial charge in [-0.3, -0.25) is 9.59 Å². The quantitative estimate of drug-likeness (QED) is 0.860. The molecule has 0 saturated carbocycles. The Morgan fingerprint density at radius 1 is 1.00 bits per heavy atom. The normalized spacial score (nSPS) is 14.2. The lowest BCUT2D eigenvalue weighted by Crippen LogP contribution is -2.18. The molecule has 1 aromatic heterocycles. The highest BCUT2D eigenvalue weighted by atomic mass is 32.1. The molecule has 0 saturated heterocycles. The molecule has 2 N–H and O–H groups in total. The van der Waals surface area contributed by atoms with E-state index in [-0.39, 0.29) is 11.8 Å². The van der Waals surface area contributed by atoms with Crippen LogP contribution in [0.4, 0.5) is 5.69 Å². The van der Waals surface area contributed by atoms with Crippen molar-refractivity contribution in [1.82, 2.24) is 5.32 Å². The lowest BCUT2D eigenvalue weighted by atomic mass is 10.00. The maximum Gasteiger partial charge on any atom is 0.265 e. The smallest absolute Gasteiger partial charge is 0.265 e. The SMILES string of the molecule is CNC(=O)c1ccc(NC(=O)c2cc3c(s2)CCCCCC3)c(C)c1. The number of fused-ring (bicyclic) bond motifs is 1.